The van der Waals surface area contributed by atoms with Crippen molar-refractivity contribution >= 4 is 35.2 Å². The van der Waals surface area contributed by atoms with Gasteiger partial charge in [0.15, 0.2) is 5.78 Å². The number of carbonyl (C=O) groups excluding carboxylic acids is 3. The third-order valence-corrected chi connectivity index (χ3v) is 8.60. The zero-order valence-corrected chi connectivity index (χ0v) is 24.8. The number of hydrogen-bond donors (Lipinski definition) is 0. The molecule has 2 fully saturated rings. The van der Waals surface area contributed by atoms with Gasteiger partial charge in [0.2, 0.25) is 5.91 Å². The number of Topliss-reactive ketones (excluding diaryl/α,β-unsaturated/α-hetero) is 1. The number of carbonyl (C=O) groups is 3. The van der Waals surface area contributed by atoms with Crippen molar-refractivity contribution in [1.29, 1.82) is 0 Å². The normalized spacial score (nSPS) is 18.9. The van der Waals surface area contributed by atoms with Crippen molar-refractivity contribution < 1.29 is 27.9 Å². The van der Waals surface area contributed by atoms with Gasteiger partial charge in [-0.3, -0.25) is 9.59 Å². The molecule has 3 aromatic rings. The quantitative estimate of drug-likeness (QED) is 0.308. The molecule has 5 rings (SSSR count). The Morgan fingerprint density at radius 1 is 1.02 bits per heavy atom. The second-order valence-electron chi connectivity index (χ2n) is 10.9. The van der Waals surface area contributed by atoms with E-state index in [1.165, 1.54) is 48.2 Å². The lowest BCUT2D eigenvalue weighted by Crippen LogP contribution is -2.47. The van der Waals surface area contributed by atoms with Gasteiger partial charge >= 0.3 is 6.09 Å². The smallest absolute Gasteiger partial charge is 0.410 e. The van der Waals surface area contributed by atoms with Crippen molar-refractivity contribution in [1.82, 2.24) is 14.8 Å². The van der Waals surface area contributed by atoms with Crippen LogP contribution in [0.5, 0.6) is 5.75 Å². The summed E-state index contributed by atoms with van der Waals surface area (Å²) in [4.78, 5) is 48.5. The number of hydrogen-bond acceptors (Lipinski definition) is 6. The van der Waals surface area contributed by atoms with E-state index in [0.717, 1.165) is 5.82 Å². The largest absolute Gasteiger partial charge is 0.415 e. The Kier molecular flexibility index (Phi) is 9.25. The summed E-state index contributed by atoms with van der Waals surface area (Å²) in [5.74, 6) is -0.702. The molecule has 0 bridgehead atoms. The van der Waals surface area contributed by atoms with Crippen LogP contribution in [-0.4, -0.2) is 71.3 Å². The van der Waals surface area contributed by atoms with E-state index < -0.39 is 23.8 Å². The molecule has 2 aliphatic heterocycles. The zero-order chi connectivity index (χ0) is 30.7. The van der Waals surface area contributed by atoms with Crippen molar-refractivity contribution in [3.63, 3.8) is 0 Å². The number of anilines is 1. The minimum Gasteiger partial charge on any atom is -0.410 e. The minimum absolute atomic E-state index is 0.00789. The number of likely N-dealkylation sites (tertiary alicyclic amines) is 1. The topological polar surface area (TPSA) is 83.0 Å². The van der Waals surface area contributed by atoms with Crippen molar-refractivity contribution in [2.24, 2.45) is 5.92 Å². The fourth-order valence-corrected chi connectivity index (χ4v) is 6.03. The monoisotopic (exact) mass is 610 g/mol. The molecule has 0 saturated carbocycles. The molecular formula is C32H33ClF2N4O4. The summed E-state index contributed by atoms with van der Waals surface area (Å²) in [6.07, 6.45) is 2.19. The van der Waals surface area contributed by atoms with Crippen LogP contribution in [0.25, 0.3) is 0 Å². The van der Waals surface area contributed by atoms with Crippen LogP contribution >= 0.6 is 11.6 Å². The van der Waals surface area contributed by atoms with Gasteiger partial charge in [-0.05, 0) is 80.8 Å². The van der Waals surface area contributed by atoms with Gasteiger partial charge in [-0.25, -0.2) is 18.6 Å². The Bertz CT molecular complexity index is 1480. The minimum atomic E-state index is -0.635. The molecule has 0 unspecified atom stereocenters. The van der Waals surface area contributed by atoms with Crippen molar-refractivity contribution in [2.75, 3.05) is 37.6 Å². The van der Waals surface area contributed by atoms with Crippen molar-refractivity contribution in [2.45, 2.75) is 38.6 Å². The number of piperidine rings is 1. The highest BCUT2D eigenvalue weighted by Gasteiger charge is 2.43. The van der Waals surface area contributed by atoms with Crippen LogP contribution in [0.4, 0.5) is 19.4 Å². The molecule has 0 N–H and O–H groups in total. The van der Waals surface area contributed by atoms with Gasteiger partial charge in [-0.1, -0.05) is 17.7 Å². The number of benzene rings is 2. The second-order valence-corrected chi connectivity index (χ2v) is 11.3. The standard InChI is InChI=1S/C32H33ClF2N4O4/c1-3-39(32(42)43-25-8-6-24(34)7-9-25)29-19-38(18-26(29)22-4-10-27(33)28(35)16-22)31(41)21-12-14-37(15-13-21)30-11-5-23(17-36-30)20(2)40/h4-11,16-17,21,26,29H,3,12-15,18-19H2,1-2H3/t26-,29+/m0/s1. The summed E-state index contributed by atoms with van der Waals surface area (Å²) in [6, 6.07) is 12.8. The van der Waals surface area contributed by atoms with Crippen LogP contribution in [-0.2, 0) is 4.79 Å². The Labute approximate surface area is 254 Å². The molecule has 3 heterocycles. The second kappa shape index (κ2) is 13.1. The van der Waals surface area contributed by atoms with Crippen molar-refractivity contribution in [3.8, 4) is 5.75 Å². The molecule has 0 radical (unpaired) electrons. The lowest BCUT2D eigenvalue weighted by molar-refractivity contribution is -0.135. The summed E-state index contributed by atoms with van der Waals surface area (Å²) < 4.78 is 33.4. The molecule has 0 aliphatic carbocycles. The van der Waals surface area contributed by atoms with E-state index >= 15 is 0 Å². The van der Waals surface area contributed by atoms with E-state index in [1.807, 2.05) is 13.0 Å². The van der Waals surface area contributed by atoms with Crippen LogP contribution < -0.4 is 9.64 Å². The van der Waals surface area contributed by atoms with Crippen molar-refractivity contribution in [3.05, 3.63) is 88.6 Å². The molecule has 1 aromatic heterocycles. The van der Waals surface area contributed by atoms with E-state index in [4.69, 9.17) is 16.3 Å². The number of ether oxygens (including phenoxy) is 1. The molecule has 8 nitrogen and oxygen atoms in total. The first-order chi connectivity index (χ1) is 20.6. The highest BCUT2D eigenvalue weighted by Crippen LogP contribution is 2.35. The molecule has 11 heteroatoms. The van der Waals surface area contributed by atoms with E-state index in [1.54, 1.807) is 23.2 Å². The first-order valence-corrected chi connectivity index (χ1v) is 14.7. The van der Waals surface area contributed by atoms with Crippen LogP contribution in [0.15, 0.2) is 60.8 Å². The molecular weight excluding hydrogens is 578 g/mol. The van der Waals surface area contributed by atoms with Gasteiger partial charge in [0.25, 0.3) is 0 Å². The zero-order valence-electron chi connectivity index (χ0n) is 24.0. The molecule has 2 aromatic carbocycles. The number of likely N-dealkylation sites (N-methyl/N-ethyl adjacent to an activating group) is 1. The Morgan fingerprint density at radius 3 is 2.35 bits per heavy atom. The maximum Gasteiger partial charge on any atom is 0.415 e. The Balaban J connectivity index is 1.31. The number of pyridine rings is 1. The van der Waals surface area contributed by atoms with E-state index in [9.17, 15) is 23.2 Å². The van der Waals surface area contributed by atoms with Crippen LogP contribution in [0.1, 0.15) is 48.5 Å². The van der Waals surface area contributed by atoms with Gasteiger partial charge in [0, 0.05) is 56.3 Å². The van der Waals surface area contributed by atoms with Gasteiger partial charge < -0.3 is 19.4 Å². The molecule has 2 aliphatic rings. The van der Waals surface area contributed by atoms with E-state index in [2.05, 4.69) is 9.88 Å². The molecule has 2 atom stereocenters. The first-order valence-electron chi connectivity index (χ1n) is 14.3. The summed E-state index contributed by atoms with van der Waals surface area (Å²) >= 11 is 5.95. The average Bonchev–Trinajstić information content (AvgIpc) is 3.45. The first kappa shape index (κ1) is 30.4. The summed E-state index contributed by atoms with van der Waals surface area (Å²) in [5.41, 5.74) is 1.18. The van der Waals surface area contributed by atoms with Crippen LogP contribution in [0, 0.1) is 17.6 Å². The highest BCUT2D eigenvalue weighted by molar-refractivity contribution is 6.30. The van der Waals surface area contributed by atoms with Crippen LogP contribution in [0.3, 0.4) is 0 Å². The lowest BCUT2D eigenvalue weighted by Gasteiger charge is -2.34. The number of aromatic nitrogens is 1. The van der Waals surface area contributed by atoms with E-state index in [-0.39, 0.29) is 47.4 Å². The molecule has 2 amide bonds. The SMILES string of the molecule is CCN(C(=O)Oc1ccc(F)cc1)[C@@H]1CN(C(=O)C2CCN(c3ccc(C(C)=O)cn3)CC2)C[C@H]1c1ccc(Cl)c(F)c1. The molecule has 43 heavy (non-hydrogen) atoms. The Morgan fingerprint density at radius 2 is 1.74 bits per heavy atom. The number of amides is 2. The van der Waals surface area contributed by atoms with Gasteiger partial charge in [0.1, 0.15) is 23.2 Å². The summed E-state index contributed by atoms with van der Waals surface area (Å²) in [6.45, 7) is 5.43. The predicted octanol–water partition coefficient (Wildman–Crippen LogP) is 5.95. The lowest BCUT2D eigenvalue weighted by atomic mass is 9.93. The fraction of sp³-hybridized carbons (Fsp3) is 0.375. The molecule has 226 valence electrons. The maximum atomic E-state index is 14.5. The molecule has 2 saturated heterocycles. The van der Waals surface area contributed by atoms with Gasteiger partial charge in [0.05, 0.1) is 11.1 Å². The van der Waals surface area contributed by atoms with Crippen LogP contribution in [0.2, 0.25) is 5.02 Å². The summed E-state index contributed by atoms with van der Waals surface area (Å²) in [7, 11) is 0. The van der Waals surface area contributed by atoms with E-state index in [0.29, 0.717) is 43.6 Å². The number of rotatable bonds is 7. The fourth-order valence-electron chi connectivity index (χ4n) is 5.91. The summed E-state index contributed by atoms with van der Waals surface area (Å²) in [5, 5.41) is -0.00789. The number of halogens is 3. The molecule has 0 spiro atoms. The van der Waals surface area contributed by atoms with Gasteiger partial charge in [-0.2, -0.15) is 0 Å². The number of ketones is 1. The Hall–Kier alpha value is -4.05. The van der Waals surface area contributed by atoms with Gasteiger partial charge in [-0.15, -0.1) is 0 Å². The third-order valence-electron chi connectivity index (χ3n) is 8.29. The highest BCUT2D eigenvalue weighted by atomic mass is 35.5. The maximum absolute atomic E-state index is 14.5. The predicted molar refractivity (Wildman–Crippen MR) is 159 cm³/mol. The third kappa shape index (κ3) is 6.80. The average molecular weight is 611 g/mol. The number of nitrogens with zero attached hydrogens (tertiary/aromatic N) is 4.